The number of aromatic nitrogens is 8. The van der Waals surface area contributed by atoms with Gasteiger partial charge in [-0.05, 0) is 24.4 Å². The molecule has 232 valence electrons. The van der Waals surface area contributed by atoms with E-state index in [0.29, 0.717) is 0 Å². The molecule has 20 nitrogen and oxygen atoms in total. The Morgan fingerprint density at radius 2 is 1.18 bits per heavy atom. The standard InChI is InChI=1S/C22H26N14O6S2/c23-19-31-13-9(15(39)33-19)27-3-35(13)17-11(37)7-5(41-17)1-25-21(43)30-8-6(2-26-22(44)29-7)42-18(12(8)38)36-4-28-10-14(36)32-20(24)34-16(10)40/h3-8,11-12,17-18,37-38H,1-2H2,(H2,25,30,43)(H2,26,29,44)(H3,23,31,33,39)(H3,24,32,34,40)/t5-,6-,7?,8?,11+,12+,17-,18-/m1/s1. The molecule has 0 saturated carbocycles. The van der Waals surface area contributed by atoms with Gasteiger partial charge in [-0.25, -0.2) is 9.97 Å². The largest absolute Gasteiger partial charge is 0.386 e. The third kappa shape index (κ3) is 4.67. The molecule has 0 spiro atoms. The number of hydrogen-bond donors (Lipinski definition) is 10. The lowest BCUT2D eigenvalue weighted by Gasteiger charge is -2.28. The highest BCUT2D eigenvalue weighted by Gasteiger charge is 2.48. The van der Waals surface area contributed by atoms with Crippen LogP contribution in [0.15, 0.2) is 22.2 Å². The Bertz CT molecular complexity index is 1770. The average Bonchev–Trinajstić information content (AvgIpc) is 3.72. The van der Waals surface area contributed by atoms with Gasteiger partial charge in [0.1, 0.15) is 24.4 Å². The van der Waals surface area contributed by atoms with Crippen molar-refractivity contribution < 1.29 is 19.7 Å². The summed E-state index contributed by atoms with van der Waals surface area (Å²) in [5.41, 5.74) is 10.7. The van der Waals surface area contributed by atoms with Gasteiger partial charge in [-0.2, -0.15) is 9.97 Å². The van der Waals surface area contributed by atoms with Crippen LogP contribution < -0.4 is 43.9 Å². The number of hydrogen-bond acceptors (Lipinski definition) is 14. The molecule has 22 heteroatoms. The highest BCUT2D eigenvalue weighted by Crippen LogP contribution is 2.33. The van der Waals surface area contributed by atoms with Crippen LogP contribution in [0.2, 0.25) is 0 Å². The number of aliphatic hydroxyl groups is 2. The van der Waals surface area contributed by atoms with Crippen molar-refractivity contribution in [1.82, 2.24) is 60.3 Å². The number of nitrogens with two attached hydrogens (primary N) is 2. The number of thiocarbonyl (C=S) groups is 2. The number of aromatic amines is 2. The minimum atomic E-state index is -1.18. The fraction of sp³-hybridized carbons (Fsp3) is 0.455. The van der Waals surface area contributed by atoms with Crippen molar-refractivity contribution in [1.29, 1.82) is 0 Å². The van der Waals surface area contributed by atoms with Gasteiger partial charge in [-0.15, -0.1) is 0 Å². The second-order valence-electron chi connectivity index (χ2n) is 10.4. The summed E-state index contributed by atoms with van der Waals surface area (Å²) in [6.07, 6.45) is -3.06. The van der Waals surface area contributed by atoms with Crippen molar-refractivity contribution in [2.24, 2.45) is 0 Å². The van der Waals surface area contributed by atoms with Gasteiger partial charge in [0.05, 0.1) is 24.7 Å². The third-order valence-electron chi connectivity index (χ3n) is 7.72. The minimum absolute atomic E-state index is 0.0349. The maximum absolute atomic E-state index is 12.3. The summed E-state index contributed by atoms with van der Waals surface area (Å²) in [5, 5.41) is 35.3. The molecule has 0 aliphatic carbocycles. The number of fused-ring (bicyclic) bond motifs is 4. The number of ether oxygens (including phenoxy) is 2. The normalized spacial score (nSPS) is 30.9. The highest BCUT2D eigenvalue weighted by molar-refractivity contribution is 7.80. The Labute approximate surface area is 255 Å². The first-order valence-electron chi connectivity index (χ1n) is 13.3. The zero-order valence-corrected chi connectivity index (χ0v) is 24.0. The van der Waals surface area contributed by atoms with Gasteiger partial charge in [0.15, 0.2) is 45.0 Å². The van der Waals surface area contributed by atoms with Crippen molar-refractivity contribution in [2.45, 2.75) is 49.0 Å². The Morgan fingerprint density at radius 1 is 0.773 bits per heavy atom. The molecule has 3 aliphatic heterocycles. The molecular weight excluding hydrogens is 620 g/mol. The fourth-order valence-corrected chi connectivity index (χ4v) is 6.14. The van der Waals surface area contributed by atoms with Crippen molar-refractivity contribution in [2.75, 3.05) is 24.6 Å². The van der Waals surface area contributed by atoms with E-state index in [2.05, 4.69) is 51.2 Å². The van der Waals surface area contributed by atoms with Gasteiger partial charge in [-0.3, -0.25) is 28.7 Å². The number of anilines is 2. The molecule has 2 unspecified atom stereocenters. The van der Waals surface area contributed by atoms with Gasteiger partial charge in [0.25, 0.3) is 11.1 Å². The van der Waals surface area contributed by atoms with Gasteiger partial charge < -0.3 is 52.4 Å². The van der Waals surface area contributed by atoms with Gasteiger partial charge >= 0.3 is 0 Å². The lowest BCUT2D eigenvalue weighted by Crippen LogP contribution is -2.58. The van der Waals surface area contributed by atoms with E-state index >= 15 is 0 Å². The van der Waals surface area contributed by atoms with Crippen LogP contribution in [0, 0.1) is 0 Å². The monoisotopic (exact) mass is 646 g/mol. The highest BCUT2D eigenvalue weighted by atomic mass is 32.1. The first-order valence-corrected chi connectivity index (χ1v) is 14.1. The first kappa shape index (κ1) is 28.3. The topological polar surface area (TPSA) is 286 Å². The lowest BCUT2D eigenvalue weighted by molar-refractivity contribution is -0.0332. The number of nitrogens with zero attached hydrogens (tertiary/aromatic N) is 6. The van der Waals surface area contributed by atoms with Crippen LogP contribution in [-0.2, 0) is 9.47 Å². The summed E-state index contributed by atoms with van der Waals surface area (Å²) in [5.74, 6) is -0.227. The molecule has 0 bridgehead atoms. The van der Waals surface area contributed by atoms with Crippen molar-refractivity contribution in [3.8, 4) is 0 Å². The van der Waals surface area contributed by atoms with Crippen molar-refractivity contribution >= 4 is 68.9 Å². The van der Waals surface area contributed by atoms with Crippen LogP contribution in [0.5, 0.6) is 0 Å². The first-order chi connectivity index (χ1) is 21.1. The van der Waals surface area contributed by atoms with E-state index in [-0.39, 0.29) is 57.5 Å². The number of nitrogen functional groups attached to an aromatic ring is 2. The number of H-pyrrole nitrogens is 2. The minimum Gasteiger partial charge on any atom is -0.386 e. The van der Waals surface area contributed by atoms with Crippen molar-refractivity contribution in [3.05, 3.63) is 33.4 Å². The summed E-state index contributed by atoms with van der Waals surface area (Å²) >= 11 is 11.1. The Balaban J connectivity index is 1.13. The quantitative estimate of drug-likeness (QED) is 0.0920. The molecular formula is C22H26N14O6S2. The number of imidazole rings is 2. The number of nitrogens with one attached hydrogen (secondary N) is 6. The predicted octanol–water partition coefficient (Wildman–Crippen LogP) is -4.39. The molecule has 12 N–H and O–H groups in total. The predicted molar refractivity (Wildman–Crippen MR) is 160 cm³/mol. The van der Waals surface area contributed by atoms with Crippen LogP contribution in [0.1, 0.15) is 12.5 Å². The Hall–Kier alpha value is -4.48. The second-order valence-corrected chi connectivity index (χ2v) is 11.2. The van der Waals surface area contributed by atoms with E-state index in [0.717, 1.165) is 0 Å². The van der Waals surface area contributed by atoms with E-state index in [1.807, 2.05) is 0 Å². The summed E-state index contributed by atoms with van der Waals surface area (Å²) in [7, 11) is 0. The fourth-order valence-electron chi connectivity index (χ4n) is 5.70. The van der Waals surface area contributed by atoms with Gasteiger partial charge in [0.2, 0.25) is 11.9 Å². The lowest BCUT2D eigenvalue weighted by atomic mass is 10.1. The van der Waals surface area contributed by atoms with E-state index in [1.165, 1.54) is 21.8 Å². The number of aliphatic hydroxyl groups excluding tert-OH is 2. The second kappa shape index (κ2) is 10.6. The molecule has 3 fully saturated rings. The molecule has 0 amide bonds. The zero-order valence-electron chi connectivity index (χ0n) is 22.4. The molecule has 8 atom stereocenters. The van der Waals surface area contributed by atoms with Crippen LogP contribution >= 0.6 is 24.4 Å². The van der Waals surface area contributed by atoms with Gasteiger partial charge in [0, 0.05) is 13.1 Å². The van der Waals surface area contributed by atoms with E-state index in [4.69, 9.17) is 45.4 Å². The summed E-state index contributed by atoms with van der Waals surface area (Å²) in [6, 6.07) is -1.48. The van der Waals surface area contributed by atoms with Crippen LogP contribution in [0.3, 0.4) is 0 Å². The Morgan fingerprint density at radius 3 is 1.59 bits per heavy atom. The summed E-state index contributed by atoms with van der Waals surface area (Å²) in [4.78, 5) is 45.8. The Kier molecular flexibility index (Phi) is 6.82. The smallest absolute Gasteiger partial charge is 0.280 e. The summed E-state index contributed by atoms with van der Waals surface area (Å²) in [6.45, 7) is 0.219. The molecule has 0 aromatic carbocycles. The molecule has 4 aromatic rings. The summed E-state index contributed by atoms with van der Waals surface area (Å²) < 4.78 is 15.2. The maximum atomic E-state index is 12.3. The van der Waals surface area contributed by atoms with E-state index < -0.39 is 60.1 Å². The molecule has 4 aromatic heterocycles. The van der Waals surface area contributed by atoms with Crippen LogP contribution in [0.25, 0.3) is 22.3 Å². The molecule has 3 saturated heterocycles. The van der Waals surface area contributed by atoms with Crippen LogP contribution in [-0.4, -0.2) is 109 Å². The van der Waals surface area contributed by atoms with Gasteiger partial charge in [-0.1, -0.05) is 0 Å². The van der Waals surface area contributed by atoms with Crippen molar-refractivity contribution in [3.63, 3.8) is 0 Å². The molecule has 3 aliphatic rings. The van der Waals surface area contributed by atoms with Crippen LogP contribution in [0.4, 0.5) is 11.9 Å². The maximum Gasteiger partial charge on any atom is 0.280 e. The zero-order chi connectivity index (χ0) is 30.9. The third-order valence-corrected chi connectivity index (χ3v) is 8.25. The number of rotatable bonds is 2. The molecule has 7 rings (SSSR count). The molecule has 44 heavy (non-hydrogen) atoms. The average molecular weight is 647 g/mol. The molecule has 0 radical (unpaired) electrons. The van der Waals surface area contributed by atoms with E-state index in [9.17, 15) is 19.8 Å². The molecule has 7 heterocycles. The van der Waals surface area contributed by atoms with E-state index in [1.54, 1.807) is 0 Å². The SMILES string of the molecule is Nc1nc2c(ncn2[C@@H]2O[C@@H]3CNC(=S)NC4[C@@H](CNC(=S)NC3[C@@H]2O)O[C@@H](n2cnc3c(=O)[nH]c(N)nc32)[C@H]4O)c(=O)[nH]1.